The van der Waals surface area contributed by atoms with E-state index in [-0.39, 0.29) is 5.54 Å². The van der Waals surface area contributed by atoms with Crippen LogP contribution in [0.25, 0.3) is 10.9 Å². The summed E-state index contributed by atoms with van der Waals surface area (Å²) in [6, 6.07) is 6.28. The van der Waals surface area contributed by atoms with Crippen LogP contribution in [-0.4, -0.2) is 4.57 Å². The van der Waals surface area contributed by atoms with E-state index in [0.717, 1.165) is 4.47 Å². The fourth-order valence-electron chi connectivity index (χ4n) is 1.88. The van der Waals surface area contributed by atoms with Crippen molar-refractivity contribution in [1.82, 2.24) is 4.57 Å². The maximum Gasteiger partial charge on any atom is 0.0482 e. The summed E-state index contributed by atoms with van der Waals surface area (Å²) in [6.45, 7) is 4.06. The van der Waals surface area contributed by atoms with E-state index in [1.807, 2.05) is 20.9 Å². The molecule has 0 atom stereocenters. The fraction of sp³-hybridized carbons (Fsp3) is 0.333. The lowest BCUT2D eigenvalue weighted by Crippen LogP contribution is -2.28. The molecule has 3 heteroatoms. The van der Waals surface area contributed by atoms with Crippen molar-refractivity contribution < 1.29 is 0 Å². The molecular formula is C12H15BrN2. The fourth-order valence-corrected chi connectivity index (χ4v) is 2.24. The van der Waals surface area contributed by atoms with E-state index < -0.39 is 0 Å². The van der Waals surface area contributed by atoms with Gasteiger partial charge in [-0.05, 0) is 37.6 Å². The summed E-state index contributed by atoms with van der Waals surface area (Å²) in [6.07, 6.45) is 2.11. The molecule has 0 bridgehead atoms. The highest BCUT2D eigenvalue weighted by Gasteiger charge is 2.19. The van der Waals surface area contributed by atoms with Crippen LogP contribution in [-0.2, 0) is 12.6 Å². The van der Waals surface area contributed by atoms with Crippen LogP contribution in [0.4, 0.5) is 0 Å². The van der Waals surface area contributed by atoms with Crippen LogP contribution in [0.2, 0.25) is 0 Å². The summed E-state index contributed by atoms with van der Waals surface area (Å²) in [5.41, 5.74) is 8.25. The molecule has 2 N–H and O–H groups in total. The Morgan fingerprint density at radius 3 is 2.60 bits per heavy atom. The minimum Gasteiger partial charge on any atom is -0.350 e. The van der Waals surface area contributed by atoms with Gasteiger partial charge in [-0.3, -0.25) is 0 Å². The quantitative estimate of drug-likeness (QED) is 0.845. The normalized spacial score (nSPS) is 12.3. The zero-order chi connectivity index (χ0) is 11.2. The molecule has 0 aliphatic rings. The second kappa shape index (κ2) is 3.35. The van der Waals surface area contributed by atoms with Crippen molar-refractivity contribution in [3.05, 3.63) is 34.4 Å². The third-order valence-corrected chi connectivity index (χ3v) is 3.14. The smallest absolute Gasteiger partial charge is 0.0482 e. The lowest BCUT2D eigenvalue weighted by Gasteiger charge is -2.17. The van der Waals surface area contributed by atoms with Crippen molar-refractivity contribution >= 4 is 26.8 Å². The number of aryl methyl sites for hydroxylation is 1. The molecule has 0 aliphatic heterocycles. The average Bonchev–Trinajstić information content (AvgIpc) is 2.42. The van der Waals surface area contributed by atoms with Gasteiger partial charge in [0.1, 0.15) is 0 Å². The summed E-state index contributed by atoms with van der Waals surface area (Å²) in [5, 5.41) is 1.22. The SMILES string of the molecule is Cn1cc(C(C)(C)N)c2cc(Br)ccc21. The summed E-state index contributed by atoms with van der Waals surface area (Å²) < 4.78 is 3.21. The molecule has 0 fully saturated rings. The molecule has 2 aromatic rings. The Morgan fingerprint density at radius 2 is 2.00 bits per heavy atom. The van der Waals surface area contributed by atoms with E-state index in [0.29, 0.717) is 0 Å². The highest BCUT2D eigenvalue weighted by molar-refractivity contribution is 9.10. The van der Waals surface area contributed by atoms with Crippen LogP contribution in [0.3, 0.4) is 0 Å². The average molecular weight is 267 g/mol. The van der Waals surface area contributed by atoms with Crippen LogP contribution in [0, 0.1) is 0 Å². The van der Waals surface area contributed by atoms with Crippen LogP contribution in [0.15, 0.2) is 28.9 Å². The van der Waals surface area contributed by atoms with Gasteiger partial charge in [0.2, 0.25) is 0 Å². The Kier molecular flexibility index (Phi) is 2.40. The van der Waals surface area contributed by atoms with Crippen molar-refractivity contribution in [2.75, 3.05) is 0 Å². The Balaban J connectivity index is 2.81. The van der Waals surface area contributed by atoms with Gasteiger partial charge >= 0.3 is 0 Å². The molecule has 0 saturated heterocycles. The predicted octanol–water partition coefficient (Wildman–Crippen LogP) is 3.13. The van der Waals surface area contributed by atoms with E-state index in [9.17, 15) is 0 Å². The predicted molar refractivity (Wildman–Crippen MR) is 67.8 cm³/mol. The number of fused-ring (bicyclic) bond motifs is 1. The number of halogens is 1. The van der Waals surface area contributed by atoms with Crippen LogP contribution in [0.1, 0.15) is 19.4 Å². The van der Waals surface area contributed by atoms with Gasteiger partial charge in [0.25, 0.3) is 0 Å². The van der Waals surface area contributed by atoms with E-state index in [2.05, 4.69) is 44.9 Å². The maximum atomic E-state index is 6.16. The van der Waals surface area contributed by atoms with E-state index in [1.165, 1.54) is 16.5 Å². The number of nitrogens with zero attached hydrogens (tertiary/aromatic N) is 1. The third kappa shape index (κ3) is 1.82. The molecular weight excluding hydrogens is 252 g/mol. The summed E-state index contributed by atoms with van der Waals surface area (Å²) >= 11 is 3.49. The largest absolute Gasteiger partial charge is 0.350 e. The first-order chi connectivity index (χ1) is 6.89. The van der Waals surface area contributed by atoms with E-state index in [4.69, 9.17) is 5.73 Å². The van der Waals surface area contributed by atoms with Gasteiger partial charge in [-0.25, -0.2) is 0 Å². The van der Waals surface area contributed by atoms with E-state index in [1.54, 1.807) is 0 Å². The first kappa shape index (κ1) is 10.7. The first-order valence-electron chi connectivity index (χ1n) is 4.93. The Morgan fingerprint density at radius 1 is 1.33 bits per heavy atom. The van der Waals surface area contributed by atoms with Crippen molar-refractivity contribution in [3.8, 4) is 0 Å². The number of rotatable bonds is 1. The standard InChI is InChI=1S/C12H15BrN2/c1-12(2,14)10-7-15(3)11-5-4-8(13)6-9(10)11/h4-7H,14H2,1-3H3. The first-order valence-corrected chi connectivity index (χ1v) is 5.73. The number of aromatic nitrogens is 1. The monoisotopic (exact) mass is 266 g/mol. The van der Waals surface area contributed by atoms with Crippen LogP contribution < -0.4 is 5.73 Å². The van der Waals surface area contributed by atoms with Gasteiger partial charge in [-0.1, -0.05) is 15.9 Å². The Bertz CT molecular complexity index is 506. The molecule has 2 rings (SSSR count). The second-order valence-corrected chi connectivity index (χ2v) is 5.45. The molecule has 0 saturated carbocycles. The number of nitrogens with two attached hydrogens (primary N) is 1. The zero-order valence-corrected chi connectivity index (χ0v) is 10.8. The molecule has 15 heavy (non-hydrogen) atoms. The minimum absolute atomic E-state index is 0.305. The second-order valence-electron chi connectivity index (χ2n) is 4.54. The zero-order valence-electron chi connectivity index (χ0n) is 9.21. The van der Waals surface area contributed by atoms with Gasteiger partial charge in [-0.15, -0.1) is 0 Å². The molecule has 0 unspecified atom stereocenters. The molecule has 80 valence electrons. The Labute approximate surface area is 98.2 Å². The molecule has 0 amide bonds. The van der Waals surface area contributed by atoms with E-state index >= 15 is 0 Å². The van der Waals surface area contributed by atoms with Crippen molar-refractivity contribution in [3.63, 3.8) is 0 Å². The van der Waals surface area contributed by atoms with Crippen LogP contribution in [0.5, 0.6) is 0 Å². The molecule has 0 aliphatic carbocycles. The molecule has 0 spiro atoms. The Hall–Kier alpha value is -0.800. The van der Waals surface area contributed by atoms with Crippen molar-refractivity contribution in [2.24, 2.45) is 12.8 Å². The summed E-state index contributed by atoms with van der Waals surface area (Å²) in [7, 11) is 2.05. The number of benzene rings is 1. The minimum atomic E-state index is -0.305. The highest BCUT2D eigenvalue weighted by atomic mass is 79.9. The van der Waals surface area contributed by atoms with Gasteiger partial charge in [0.15, 0.2) is 0 Å². The maximum absolute atomic E-state index is 6.16. The molecule has 0 radical (unpaired) electrons. The molecule has 2 nitrogen and oxygen atoms in total. The van der Waals surface area contributed by atoms with Crippen molar-refractivity contribution in [2.45, 2.75) is 19.4 Å². The van der Waals surface area contributed by atoms with Crippen LogP contribution >= 0.6 is 15.9 Å². The molecule has 1 heterocycles. The number of hydrogen-bond donors (Lipinski definition) is 1. The van der Waals surface area contributed by atoms with Gasteiger partial charge in [0, 0.05) is 34.2 Å². The lowest BCUT2D eigenvalue weighted by atomic mass is 9.95. The molecule has 1 aromatic carbocycles. The summed E-state index contributed by atoms with van der Waals surface area (Å²) in [4.78, 5) is 0. The third-order valence-electron chi connectivity index (χ3n) is 2.65. The molecule has 1 aromatic heterocycles. The highest BCUT2D eigenvalue weighted by Crippen LogP contribution is 2.30. The van der Waals surface area contributed by atoms with Gasteiger partial charge in [0.05, 0.1) is 0 Å². The van der Waals surface area contributed by atoms with Gasteiger partial charge in [-0.2, -0.15) is 0 Å². The summed E-state index contributed by atoms with van der Waals surface area (Å²) in [5.74, 6) is 0. The number of hydrogen-bond acceptors (Lipinski definition) is 1. The lowest BCUT2D eigenvalue weighted by molar-refractivity contribution is 0.557. The topological polar surface area (TPSA) is 30.9 Å². The van der Waals surface area contributed by atoms with Crippen molar-refractivity contribution in [1.29, 1.82) is 0 Å². The van der Waals surface area contributed by atoms with Gasteiger partial charge < -0.3 is 10.3 Å².